The molecule has 4 rings (SSSR count). The number of nitrogens with zero attached hydrogens (tertiary/aromatic N) is 1. The zero-order chi connectivity index (χ0) is 18.9. The van der Waals surface area contributed by atoms with Crippen molar-refractivity contribution in [2.75, 3.05) is 18.0 Å². The molecule has 27 heavy (non-hydrogen) atoms. The van der Waals surface area contributed by atoms with Crippen molar-refractivity contribution in [2.45, 2.75) is 42.4 Å². The summed E-state index contributed by atoms with van der Waals surface area (Å²) in [7, 11) is -3.60. The van der Waals surface area contributed by atoms with Crippen LogP contribution in [-0.4, -0.2) is 21.5 Å². The molecule has 0 radical (unpaired) electrons. The maximum absolute atomic E-state index is 13.4. The van der Waals surface area contributed by atoms with Gasteiger partial charge >= 0.3 is 0 Å². The predicted octanol–water partition coefficient (Wildman–Crippen LogP) is 4.04. The molecule has 2 aromatic carbocycles. The number of aromatic amines is 1. The van der Waals surface area contributed by atoms with Crippen molar-refractivity contribution < 1.29 is 13.4 Å². The third kappa shape index (κ3) is 3.32. The van der Waals surface area contributed by atoms with E-state index < -0.39 is 9.84 Å². The summed E-state index contributed by atoms with van der Waals surface area (Å²) in [4.78, 5) is 6.19. The highest BCUT2D eigenvalue weighted by Crippen LogP contribution is 2.36. The molecule has 0 spiro atoms. The summed E-state index contributed by atoms with van der Waals surface area (Å²) >= 11 is 0. The van der Waals surface area contributed by atoms with Gasteiger partial charge in [-0.2, -0.15) is 0 Å². The first kappa shape index (κ1) is 18.0. The minimum atomic E-state index is -3.60. The monoisotopic (exact) mass is 381 g/mol. The van der Waals surface area contributed by atoms with Gasteiger partial charge in [-0.3, -0.25) is 0 Å². The number of H-pyrrole nitrogens is 1. The average molecular weight is 382 g/mol. The van der Waals surface area contributed by atoms with E-state index in [0.717, 1.165) is 48.9 Å². The first-order valence-electron chi connectivity index (χ1n) is 9.63. The smallest absolute Gasteiger partial charge is 0.214 e. The maximum Gasteiger partial charge on any atom is 0.214 e. The molecule has 0 aliphatic carbocycles. The zero-order valence-corrected chi connectivity index (χ0v) is 16.4. The molecule has 1 aromatic heterocycles. The fraction of sp³-hybridized carbons (Fsp3) is 0.318. The molecular weight excluding hydrogens is 356 g/mol. The lowest BCUT2D eigenvalue weighted by atomic mass is 10.0. The van der Waals surface area contributed by atoms with E-state index in [1.54, 1.807) is 30.5 Å². The van der Waals surface area contributed by atoms with Crippen LogP contribution in [0.5, 0.6) is 0 Å². The number of anilines is 1. The number of nitrogens with one attached hydrogen (secondary N) is 1. The summed E-state index contributed by atoms with van der Waals surface area (Å²) in [6, 6.07) is 15.0. The van der Waals surface area contributed by atoms with Gasteiger partial charge in [0.25, 0.3) is 0 Å². The van der Waals surface area contributed by atoms with E-state index in [0.29, 0.717) is 9.79 Å². The van der Waals surface area contributed by atoms with E-state index in [1.807, 2.05) is 6.07 Å². The molecular formula is C22H25N2O2S+. The van der Waals surface area contributed by atoms with Gasteiger partial charge in [0.1, 0.15) is 0 Å². The highest BCUT2D eigenvalue weighted by molar-refractivity contribution is 7.91. The Kier molecular flexibility index (Phi) is 4.87. The van der Waals surface area contributed by atoms with Crippen molar-refractivity contribution in [2.24, 2.45) is 0 Å². The molecule has 0 atom stereocenters. The van der Waals surface area contributed by atoms with Crippen LogP contribution in [0.4, 0.5) is 5.69 Å². The van der Waals surface area contributed by atoms with Gasteiger partial charge in [-0.05, 0) is 49.4 Å². The first-order valence-corrected chi connectivity index (χ1v) is 11.1. The van der Waals surface area contributed by atoms with E-state index in [1.165, 1.54) is 12.0 Å². The Hall–Kier alpha value is -2.40. The molecule has 1 N–H and O–H groups in total. The number of aromatic nitrogens is 1. The lowest BCUT2D eigenvalue weighted by Gasteiger charge is -2.30. The third-order valence-corrected chi connectivity index (χ3v) is 7.14. The van der Waals surface area contributed by atoms with Gasteiger partial charge in [0.15, 0.2) is 11.1 Å². The second kappa shape index (κ2) is 7.31. The number of hydrogen-bond acceptors (Lipinski definition) is 3. The third-order valence-electron chi connectivity index (χ3n) is 5.35. The molecule has 1 fully saturated rings. The van der Waals surface area contributed by atoms with Crippen LogP contribution < -0.4 is 9.88 Å². The van der Waals surface area contributed by atoms with Gasteiger partial charge < -0.3 is 4.90 Å². The predicted molar refractivity (Wildman–Crippen MR) is 108 cm³/mol. The van der Waals surface area contributed by atoms with E-state index in [2.05, 4.69) is 35.0 Å². The Morgan fingerprint density at radius 3 is 2.44 bits per heavy atom. The van der Waals surface area contributed by atoms with E-state index >= 15 is 0 Å². The lowest BCUT2D eigenvalue weighted by Crippen LogP contribution is -2.31. The summed E-state index contributed by atoms with van der Waals surface area (Å²) in [5, 5.41) is 0.994. The van der Waals surface area contributed by atoms with Gasteiger partial charge in [0, 0.05) is 19.2 Å². The SMILES string of the molecule is CCc1ccc2[nH+]cc(S(=O)(=O)c3ccccc3)c(N3CCCCC3)c2c1. The molecule has 0 unspecified atom stereocenters. The maximum atomic E-state index is 13.4. The number of pyridine rings is 1. The summed E-state index contributed by atoms with van der Waals surface area (Å²) < 4.78 is 26.9. The van der Waals surface area contributed by atoms with Gasteiger partial charge in [-0.25, -0.2) is 13.4 Å². The molecule has 5 heteroatoms. The van der Waals surface area contributed by atoms with Crippen molar-refractivity contribution in [3.05, 3.63) is 60.3 Å². The van der Waals surface area contributed by atoms with Gasteiger partial charge in [0.05, 0.1) is 16.0 Å². The molecule has 140 valence electrons. The Morgan fingerprint density at radius 1 is 1.00 bits per heavy atom. The minimum absolute atomic E-state index is 0.336. The molecule has 0 amide bonds. The Bertz CT molecular complexity index is 1060. The molecule has 2 heterocycles. The summed E-state index contributed by atoms with van der Waals surface area (Å²) in [5.41, 5.74) is 3.03. The molecule has 4 nitrogen and oxygen atoms in total. The van der Waals surface area contributed by atoms with Crippen LogP contribution in [0.15, 0.2) is 64.5 Å². The van der Waals surface area contributed by atoms with Crippen molar-refractivity contribution >= 4 is 26.4 Å². The quantitative estimate of drug-likeness (QED) is 0.685. The molecule has 1 saturated heterocycles. The second-order valence-electron chi connectivity index (χ2n) is 7.10. The van der Waals surface area contributed by atoms with Crippen LogP contribution in [-0.2, 0) is 16.3 Å². The molecule has 3 aromatic rings. The normalized spacial score (nSPS) is 15.2. The standard InChI is InChI=1S/C22H24N2O2S/c1-2-17-11-12-20-19(15-17)22(24-13-7-4-8-14-24)21(16-23-20)27(25,26)18-9-5-3-6-10-18/h3,5-6,9-12,15-16H,2,4,7-8,13-14H2,1H3/p+1. The fourth-order valence-electron chi connectivity index (χ4n) is 3.85. The fourth-order valence-corrected chi connectivity index (χ4v) is 5.33. The molecule has 1 aliphatic rings. The summed E-state index contributed by atoms with van der Waals surface area (Å²) in [5.74, 6) is 0. The molecule has 0 saturated carbocycles. The average Bonchev–Trinajstić information content (AvgIpc) is 2.73. The minimum Gasteiger partial charge on any atom is -0.370 e. The van der Waals surface area contributed by atoms with Gasteiger partial charge in [-0.1, -0.05) is 31.2 Å². The number of rotatable bonds is 4. The van der Waals surface area contributed by atoms with Crippen molar-refractivity contribution in [1.82, 2.24) is 0 Å². The highest BCUT2D eigenvalue weighted by Gasteiger charge is 2.29. The Morgan fingerprint density at radius 2 is 1.74 bits per heavy atom. The number of hydrogen-bond donors (Lipinski definition) is 0. The van der Waals surface area contributed by atoms with Crippen LogP contribution in [0.3, 0.4) is 0 Å². The second-order valence-corrected chi connectivity index (χ2v) is 9.02. The molecule has 0 bridgehead atoms. The largest absolute Gasteiger partial charge is 0.370 e. The van der Waals surface area contributed by atoms with Crippen LogP contribution in [0.25, 0.3) is 10.9 Å². The van der Waals surface area contributed by atoms with Crippen molar-refractivity contribution in [3.63, 3.8) is 0 Å². The van der Waals surface area contributed by atoms with E-state index in [9.17, 15) is 8.42 Å². The number of piperidine rings is 1. The number of aryl methyl sites for hydroxylation is 1. The summed E-state index contributed by atoms with van der Waals surface area (Å²) in [6.07, 6.45) is 5.98. The summed E-state index contributed by atoms with van der Waals surface area (Å²) in [6.45, 7) is 3.91. The highest BCUT2D eigenvalue weighted by atomic mass is 32.2. The van der Waals surface area contributed by atoms with Gasteiger partial charge in [0.2, 0.25) is 15.4 Å². The Balaban J connectivity index is 1.99. The zero-order valence-electron chi connectivity index (χ0n) is 15.6. The number of benzene rings is 2. The van der Waals surface area contributed by atoms with Gasteiger partial charge in [-0.15, -0.1) is 0 Å². The van der Waals surface area contributed by atoms with E-state index in [4.69, 9.17) is 0 Å². The van der Waals surface area contributed by atoms with E-state index in [-0.39, 0.29) is 0 Å². The lowest BCUT2D eigenvalue weighted by molar-refractivity contribution is -0.347. The topological polar surface area (TPSA) is 51.5 Å². The van der Waals surface area contributed by atoms with Crippen LogP contribution >= 0.6 is 0 Å². The number of sulfone groups is 1. The van der Waals surface area contributed by atoms with Crippen molar-refractivity contribution in [3.8, 4) is 0 Å². The van der Waals surface area contributed by atoms with Crippen LogP contribution in [0.2, 0.25) is 0 Å². The Labute approximate surface area is 160 Å². The van der Waals surface area contributed by atoms with Crippen molar-refractivity contribution in [1.29, 1.82) is 0 Å². The van der Waals surface area contributed by atoms with Crippen LogP contribution in [0, 0.1) is 0 Å². The first-order chi connectivity index (χ1) is 13.1. The number of fused-ring (bicyclic) bond motifs is 1. The molecule has 1 aliphatic heterocycles. The van der Waals surface area contributed by atoms with Crippen LogP contribution in [0.1, 0.15) is 31.7 Å².